The van der Waals surface area contributed by atoms with Crippen LogP contribution < -0.4 is 0 Å². The molecule has 0 saturated heterocycles. The zero-order chi connectivity index (χ0) is 10.3. The Morgan fingerprint density at radius 1 is 1.36 bits per heavy atom. The van der Waals surface area contributed by atoms with Gasteiger partial charge in [0.2, 0.25) is 0 Å². The van der Waals surface area contributed by atoms with Crippen LogP contribution in [0.1, 0.15) is 29.9 Å². The molecule has 5 heteroatoms. The minimum absolute atomic E-state index is 0.178. The number of hydrogen-bond donors (Lipinski definition) is 0. The SMILES string of the molecule is FC(F)(F)c1cnc(Cl)c(C2CC2)c1. The Balaban J connectivity index is 2.40. The number of nitrogens with zero attached hydrogens (tertiary/aromatic N) is 1. The lowest BCUT2D eigenvalue weighted by Crippen LogP contribution is -2.06. The summed E-state index contributed by atoms with van der Waals surface area (Å²) in [5.74, 6) is 0.178. The molecule has 1 nitrogen and oxygen atoms in total. The second-order valence-corrected chi connectivity index (χ2v) is 3.73. The summed E-state index contributed by atoms with van der Waals surface area (Å²) in [7, 11) is 0. The first-order valence-electron chi connectivity index (χ1n) is 4.21. The Morgan fingerprint density at radius 2 is 2.00 bits per heavy atom. The number of rotatable bonds is 1. The van der Waals surface area contributed by atoms with Crippen molar-refractivity contribution in [1.29, 1.82) is 0 Å². The van der Waals surface area contributed by atoms with Crippen LogP contribution in [0.3, 0.4) is 0 Å². The highest BCUT2D eigenvalue weighted by molar-refractivity contribution is 6.30. The molecule has 1 heterocycles. The maximum absolute atomic E-state index is 12.3. The van der Waals surface area contributed by atoms with E-state index >= 15 is 0 Å². The summed E-state index contributed by atoms with van der Waals surface area (Å²) >= 11 is 5.70. The zero-order valence-corrected chi connectivity index (χ0v) is 7.86. The highest BCUT2D eigenvalue weighted by Crippen LogP contribution is 2.44. The van der Waals surface area contributed by atoms with Crippen LogP contribution in [-0.4, -0.2) is 4.98 Å². The lowest BCUT2D eigenvalue weighted by Gasteiger charge is -2.08. The number of alkyl halides is 3. The molecule has 76 valence electrons. The molecule has 0 bridgehead atoms. The van der Waals surface area contributed by atoms with E-state index < -0.39 is 11.7 Å². The van der Waals surface area contributed by atoms with Crippen LogP contribution >= 0.6 is 11.6 Å². The van der Waals surface area contributed by atoms with E-state index in [1.54, 1.807) is 0 Å². The van der Waals surface area contributed by atoms with Crippen molar-refractivity contribution in [2.24, 2.45) is 0 Å². The van der Waals surface area contributed by atoms with E-state index in [1.807, 2.05) is 0 Å². The molecule has 1 aromatic rings. The van der Waals surface area contributed by atoms with Gasteiger partial charge < -0.3 is 0 Å². The molecule has 0 radical (unpaired) electrons. The van der Waals surface area contributed by atoms with Gasteiger partial charge >= 0.3 is 6.18 Å². The van der Waals surface area contributed by atoms with Gasteiger partial charge in [0.05, 0.1) is 5.56 Å². The Kier molecular flexibility index (Phi) is 2.18. The molecule has 14 heavy (non-hydrogen) atoms. The molecule has 0 atom stereocenters. The minimum Gasteiger partial charge on any atom is -0.244 e. The zero-order valence-electron chi connectivity index (χ0n) is 7.11. The predicted molar refractivity (Wildman–Crippen MR) is 46.2 cm³/mol. The topological polar surface area (TPSA) is 12.9 Å². The van der Waals surface area contributed by atoms with Gasteiger partial charge in [-0.25, -0.2) is 4.98 Å². The summed E-state index contributed by atoms with van der Waals surface area (Å²) in [4.78, 5) is 3.55. The van der Waals surface area contributed by atoms with Gasteiger partial charge in [-0.3, -0.25) is 0 Å². The standard InChI is InChI=1S/C9H7ClF3N/c10-8-7(5-1-2-5)3-6(4-14-8)9(11,12)13/h3-5H,1-2H2. The first-order chi connectivity index (χ1) is 6.48. The summed E-state index contributed by atoms with van der Waals surface area (Å²) in [5, 5.41) is 0.195. The van der Waals surface area contributed by atoms with Crippen molar-refractivity contribution in [3.8, 4) is 0 Å². The molecule has 0 amide bonds. The van der Waals surface area contributed by atoms with Crippen LogP contribution in [0.25, 0.3) is 0 Å². The lowest BCUT2D eigenvalue weighted by atomic mass is 10.1. The largest absolute Gasteiger partial charge is 0.417 e. The van der Waals surface area contributed by atoms with Crippen molar-refractivity contribution in [1.82, 2.24) is 4.98 Å². The first kappa shape index (κ1) is 9.77. The summed E-state index contributed by atoms with van der Waals surface area (Å²) < 4.78 is 36.9. The van der Waals surface area contributed by atoms with Crippen LogP contribution in [0.4, 0.5) is 13.2 Å². The summed E-state index contributed by atoms with van der Waals surface area (Å²) in [5.41, 5.74) is -0.190. The second kappa shape index (κ2) is 3.12. The average molecular weight is 222 g/mol. The number of halogens is 4. The van der Waals surface area contributed by atoms with Crippen LogP contribution in [0, 0.1) is 0 Å². The number of hydrogen-bond acceptors (Lipinski definition) is 1. The van der Waals surface area contributed by atoms with E-state index in [0.717, 1.165) is 25.1 Å². The number of pyridine rings is 1. The molecule has 1 aliphatic rings. The molecule has 1 saturated carbocycles. The highest BCUT2D eigenvalue weighted by Gasteiger charge is 2.34. The van der Waals surface area contributed by atoms with Crippen molar-refractivity contribution >= 4 is 11.6 Å². The summed E-state index contributed by atoms with van der Waals surface area (Å²) in [6.07, 6.45) is -1.75. The van der Waals surface area contributed by atoms with Crippen molar-refractivity contribution in [3.05, 3.63) is 28.5 Å². The Morgan fingerprint density at radius 3 is 2.50 bits per heavy atom. The molecule has 1 aliphatic carbocycles. The van der Waals surface area contributed by atoms with E-state index in [2.05, 4.69) is 4.98 Å². The van der Waals surface area contributed by atoms with E-state index in [-0.39, 0.29) is 11.1 Å². The fourth-order valence-electron chi connectivity index (χ4n) is 1.30. The molecule has 0 unspecified atom stereocenters. The van der Waals surface area contributed by atoms with Gasteiger partial charge in [0.15, 0.2) is 0 Å². The first-order valence-corrected chi connectivity index (χ1v) is 4.59. The highest BCUT2D eigenvalue weighted by atomic mass is 35.5. The van der Waals surface area contributed by atoms with Crippen molar-refractivity contribution in [2.75, 3.05) is 0 Å². The molecule has 1 aromatic heterocycles. The molecular weight excluding hydrogens is 215 g/mol. The third-order valence-electron chi connectivity index (χ3n) is 2.21. The van der Waals surface area contributed by atoms with Gasteiger partial charge in [0, 0.05) is 6.20 Å². The molecule has 0 N–H and O–H groups in total. The van der Waals surface area contributed by atoms with Crippen molar-refractivity contribution in [3.63, 3.8) is 0 Å². The molecule has 0 aromatic carbocycles. The molecule has 2 rings (SSSR count). The van der Waals surface area contributed by atoms with Gasteiger partial charge in [-0.1, -0.05) is 11.6 Å². The van der Waals surface area contributed by atoms with E-state index in [1.165, 1.54) is 0 Å². The van der Waals surface area contributed by atoms with Crippen molar-refractivity contribution < 1.29 is 13.2 Å². The van der Waals surface area contributed by atoms with E-state index in [9.17, 15) is 13.2 Å². The Bertz CT molecular complexity index is 358. The maximum atomic E-state index is 12.3. The smallest absolute Gasteiger partial charge is 0.244 e. The van der Waals surface area contributed by atoms with E-state index in [4.69, 9.17) is 11.6 Å². The van der Waals surface area contributed by atoms with Crippen LogP contribution in [0.15, 0.2) is 12.3 Å². The quantitative estimate of drug-likeness (QED) is 0.660. The van der Waals surface area contributed by atoms with Crippen LogP contribution in [-0.2, 0) is 6.18 Å². The monoisotopic (exact) mass is 221 g/mol. The fourth-order valence-corrected chi connectivity index (χ4v) is 1.56. The van der Waals surface area contributed by atoms with Crippen LogP contribution in [0.2, 0.25) is 5.15 Å². The van der Waals surface area contributed by atoms with Crippen molar-refractivity contribution in [2.45, 2.75) is 24.9 Å². The van der Waals surface area contributed by atoms with Crippen LogP contribution in [0.5, 0.6) is 0 Å². The third-order valence-corrected chi connectivity index (χ3v) is 2.53. The molecule has 0 spiro atoms. The van der Waals surface area contributed by atoms with Gasteiger partial charge in [-0.2, -0.15) is 13.2 Å². The van der Waals surface area contributed by atoms with E-state index in [0.29, 0.717) is 5.56 Å². The maximum Gasteiger partial charge on any atom is 0.417 e. The summed E-state index contributed by atoms with van der Waals surface area (Å²) in [6.45, 7) is 0. The summed E-state index contributed by atoms with van der Waals surface area (Å²) in [6, 6.07) is 1.10. The normalized spacial score (nSPS) is 17.1. The fraction of sp³-hybridized carbons (Fsp3) is 0.444. The predicted octanol–water partition coefficient (Wildman–Crippen LogP) is 3.63. The van der Waals surface area contributed by atoms with Gasteiger partial charge in [-0.15, -0.1) is 0 Å². The molecule has 1 fully saturated rings. The second-order valence-electron chi connectivity index (χ2n) is 3.38. The minimum atomic E-state index is -4.33. The molecular formula is C9H7ClF3N. The Hall–Kier alpha value is -0.770. The lowest BCUT2D eigenvalue weighted by molar-refractivity contribution is -0.137. The number of aromatic nitrogens is 1. The molecule has 0 aliphatic heterocycles. The Labute approximate surface area is 83.9 Å². The van der Waals surface area contributed by atoms with Gasteiger partial charge in [0.1, 0.15) is 5.15 Å². The van der Waals surface area contributed by atoms with Gasteiger partial charge in [0.25, 0.3) is 0 Å². The average Bonchev–Trinajstić information content (AvgIpc) is 2.85. The van der Waals surface area contributed by atoms with Gasteiger partial charge in [-0.05, 0) is 30.4 Å². The third kappa shape index (κ3) is 1.85.